The molecule has 0 spiro atoms. The van der Waals surface area contributed by atoms with E-state index in [4.69, 9.17) is 10.5 Å². The largest absolute Gasteiger partial charge is 0.490 e. The predicted octanol–water partition coefficient (Wildman–Crippen LogP) is 1.60. The van der Waals surface area contributed by atoms with Crippen LogP contribution in [0.1, 0.15) is 0 Å². The Kier molecular flexibility index (Phi) is 2.65. The average molecular weight is 257 g/mol. The minimum atomic E-state index is 0.0752. The summed E-state index contributed by atoms with van der Waals surface area (Å²) in [7, 11) is 2.03. The van der Waals surface area contributed by atoms with E-state index >= 15 is 0 Å². The van der Waals surface area contributed by atoms with Crippen LogP contribution in [0.5, 0.6) is 5.75 Å². The lowest BCUT2D eigenvalue weighted by atomic mass is 10.2. The molecule has 1 unspecified atom stereocenters. The van der Waals surface area contributed by atoms with Crippen LogP contribution < -0.4 is 15.4 Å². The van der Waals surface area contributed by atoms with E-state index in [2.05, 4.69) is 20.8 Å². The van der Waals surface area contributed by atoms with Gasteiger partial charge < -0.3 is 15.4 Å². The van der Waals surface area contributed by atoms with Crippen LogP contribution in [0.3, 0.4) is 0 Å². The molecule has 0 saturated carbocycles. The molecule has 3 nitrogen and oxygen atoms in total. The van der Waals surface area contributed by atoms with Crippen LogP contribution in [0.4, 0.5) is 5.69 Å². The maximum Gasteiger partial charge on any atom is 0.142 e. The lowest BCUT2D eigenvalue weighted by Crippen LogP contribution is -2.37. The van der Waals surface area contributed by atoms with E-state index in [1.54, 1.807) is 0 Å². The van der Waals surface area contributed by atoms with Gasteiger partial charge in [0.25, 0.3) is 0 Å². The minimum Gasteiger partial charge on any atom is -0.490 e. The first kappa shape index (κ1) is 9.80. The van der Waals surface area contributed by atoms with Gasteiger partial charge in [-0.3, -0.25) is 0 Å². The Balaban J connectivity index is 2.39. The second-order valence-corrected chi connectivity index (χ2v) is 4.48. The van der Waals surface area contributed by atoms with Gasteiger partial charge in [0.2, 0.25) is 0 Å². The Hall–Kier alpha value is -0.740. The maximum absolute atomic E-state index is 5.86. The van der Waals surface area contributed by atoms with Gasteiger partial charge in [0.1, 0.15) is 12.4 Å². The van der Waals surface area contributed by atoms with Crippen LogP contribution in [0, 0.1) is 0 Å². The van der Waals surface area contributed by atoms with E-state index in [9.17, 15) is 0 Å². The van der Waals surface area contributed by atoms with E-state index < -0.39 is 0 Å². The SMILES string of the molecule is CN1CC(N)COc2ccc(Br)cc21. The number of likely N-dealkylation sites (N-methyl/N-ethyl adjacent to an activating group) is 1. The van der Waals surface area contributed by atoms with E-state index in [0.717, 1.165) is 22.5 Å². The van der Waals surface area contributed by atoms with Crippen molar-refractivity contribution in [3.05, 3.63) is 22.7 Å². The lowest BCUT2D eigenvalue weighted by molar-refractivity contribution is 0.300. The van der Waals surface area contributed by atoms with Gasteiger partial charge in [-0.15, -0.1) is 0 Å². The molecule has 0 amide bonds. The standard InChI is InChI=1S/C10H13BrN2O/c1-13-5-8(12)6-14-10-3-2-7(11)4-9(10)13/h2-4,8H,5-6,12H2,1H3. The summed E-state index contributed by atoms with van der Waals surface area (Å²) in [5.74, 6) is 0.906. The zero-order valence-electron chi connectivity index (χ0n) is 8.03. The highest BCUT2D eigenvalue weighted by atomic mass is 79.9. The van der Waals surface area contributed by atoms with Gasteiger partial charge in [-0.1, -0.05) is 15.9 Å². The number of nitrogens with two attached hydrogens (primary N) is 1. The smallest absolute Gasteiger partial charge is 0.142 e. The summed E-state index contributed by atoms with van der Waals surface area (Å²) in [5.41, 5.74) is 6.95. The van der Waals surface area contributed by atoms with Crippen LogP contribution in [-0.4, -0.2) is 26.2 Å². The summed E-state index contributed by atoms with van der Waals surface area (Å²) in [4.78, 5) is 2.12. The predicted molar refractivity (Wildman–Crippen MR) is 60.9 cm³/mol. The molecule has 0 bridgehead atoms. The molecule has 2 N–H and O–H groups in total. The van der Waals surface area contributed by atoms with Gasteiger partial charge in [0.05, 0.1) is 11.7 Å². The molecule has 0 saturated heterocycles. The lowest BCUT2D eigenvalue weighted by Gasteiger charge is -2.19. The molecule has 4 heteroatoms. The van der Waals surface area contributed by atoms with Crippen molar-refractivity contribution in [1.29, 1.82) is 0 Å². The molecule has 0 aromatic heterocycles. The normalized spacial score (nSPS) is 21.1. The van der Waals surface area contributed by atoms with E-state index in [1.807, 2.05) is 25.2 Å². The van der Waals surface area contributed by atoms with Gasteiger partial charge in [0, 0.05) is 18.1 Å². The molecule has 0 aliphatic carbocycles. The molecule has 0 radical (unpaired) electrons. The fourth-order valence-corrected chi connectivity index (χ4v) is 1.96. The molecule has 0 fully saturated rings. The molecule has 1 atom stereocenters. The van der Waals surface area contributed by atoms with Crippen molar-refractivity contribution >= 4 is 21.6 Å². The van der Waals surface area contributed by atoms with Crippen molar-refractivity contribution in [2.45, 2.75) is 6.04 Å². The number of hydrogen-bond acceptors (Lipinski definition) is 3. The fraction of sp³-hybridized carbons (Fsp3) is 0.400. The van der Waals surface area contributed by atoms with E-state index in [-0.39, 0.29) is 6.04 Å². The van der Waals surface area contributed by atoms with Crippen molar-refractivity contribution in [3.8, 4) is 5.75 Å². The summed E-state index contributed by atoms with van der Waals surface area (Å²) in [6.45, 7) is 1.41. The van der Waals surface area contributed by atoms with Crippen LogP contribution >= 0.6 is 15.9 Å². The average Bonchev–Trinajstić information content (AvgIpc) is 2.27. The first-order chi connectivity index (χ1) is 6.66. The van der Waals surface area contributed by atoms with Crippen molar-refractivity contribution < 1.29 is 4.74 Å². The van der Waals surface area contributed by atoms with Crippen LogP contribution in [0.2, 0.25) is 0 Å². The molecule has 14 heavy (non-hydrogen) atoms. The Morgan fingerprint density at radius 2 is 2.36 bits per heavy atom. The van der Waals surface area contributed by atoms with Crippen molar-refractivity contribution in [1.82, 2.24) is 0 Å². The number of benzene rings is 1. The van der Waals surface area contributed by atoms with Crippen molar-refractivity contribution in [2.24, 2.45) is 5.73 Å². The molecule has 1 aliphatic rings. The van der Waals surface area contributed by atoms with Crippen molar-refractivity contribution in [2.75, 3.05) is 25.1 Å². The molecule has 76 valence electrons. The maximum atomic E-state index is 5.86. The van der Waals surface area contributed by atoms with Gasteiger partial charge in [-0.05, 0) is 18.2 Å². The highest BCUT2D eigenvalue weighted by molar-refractivity contribution is 9.10. The molecule has 1 aromatic carbocycles. The van der Waals surface area contributed by atoms with Crippen LogP contribution in [-0.2, 0) is 0 Å². The van der Waals surface area contributed by atoms with E-state index in [0.29, 0.717) is 6.61 Å². The van der Waals surface area contributed by atoms with Crippen LogP contribution in [0.25, 0.3) is 0 Å². The summed E-state index contributed by atoms with van der Waals surface area (Å²) < 4.78 is 6.66. The zero-order chi connectivity index (χ0) is 10.1. The summed E-state index contributed by atoms with van der Waals surface area (Å²) >= 11 is 3.45. The third kappa shape index (κ3) is 1.86. The number of anilines is 1. The molecular weight excluding hydrogens is 244 g/mol. The summed E-state index contributed by atoms with van der Waals surface area (Å²) in [5, 5.41) is 0. The first-order valence-electron chi connectivity index (χ1n) is 4.56. The number of ether oxygens (including phenoxy) is 1. The Morgan fingerprint density at radius 1 is 1.57 bits per heavy atom. The number of rotatable bonds is 0. The Bertz CT molecular complexity index is 343. The molecular formula is C10H13BrN2O. The highest BCUT2D eigenvalue weighted by Crippen LogP contribution is 2.32. The van der Waals surface area contributed by atoms with E-state index in [1.165, 1.54) is 0 Å². The van der Waals surface area contributed by atoms with Gasteiger partial charge in [-0.2, -0.15) is 0 Å². The third-order valence-electron chi connectivity index (χ3n) is 2.29. The monoisotopic (exact) mass is 256 g/mol. The third-order valence-corrected chi connectivity index (χ3v) is 2.79. The Morgan fingerprint density at radius 3 is 3.14 bits per heavy atom. The number of fused-ring (bicyclic) bond motifs is 1. The first-order valence-corrected chi connectivity index (χ1v) is 5.35. The van der Waals surface area contributed by atoms with Gasteiger partial charge >= 0.3 is 0 Å². The Labute approximate surface area is 92.0 Å². The summed E-state index contributed by atoms with van der Waals surface area (Å²) in [6.07, 6.45) is 0. The molecule has 1 aliphatic heterocycles. The summed E-state index contributed by atoms with van der Waals surface area (Å²) in [6, 6.07) is 6.07. The second kappa shape index (κ2) is 3.79. The number of halogens is 1. The van der Waals surface area contributed by atoms with Crippen molar-refractivity contribution in [3.63, 3.8) is 0 Å². The number of hydrogen-bond donors (Lipinski definition) is 1. The fourth-order valence-electron chi connectivity index (χ4n) is 1.61. The quantitative estimate of drug-likeness (QED) is 0.767. The number of nitrogens with zero attached hydrogens (tertiary/aromatic N) is 1. The zero-order valence-corrected chi connectivity index (χ0v) is 9.62. The topological polar surface area (TPSA) is 38.5 Å². The molecule has 1 aromatic rings. The van der Waals surface area contributed by atoms with Gasteiger partial charge in [-0.25, -0.2) is 0 Å². The highest BCUT2D eigenvalue weighted by Gasteiger charge is 2.17. The van der Waals surface area contributed by atoms with Crippen LogP contribution in [0.15, 0.2) is 22.7 Å². The molecule has 1 heterocycles. The second-order valence-electron chi connectivity index (χ2n) is 3.56. The molecule has 2 rings (SSSR count). The minimum absolute atomic E-state index is 0.0752. The van der Waals surface area contributed by atoms with Gasteiger partial charge in [0.15, 0.2) is 0 Å².